The summed E-state index contributed by atoms with van der Waals surface area (Å²) in [6, 6.07) is 4.72. The van der Waals surface area contributed by atoms with Gasteiger partial charge in [0.15, 0.2) is 0 Å². The van der Waals surface area contributed by atoms with Crippen molar-refractivity contribution in [3.8, 4) is 5.75 Å². The van der Waals surface area contributed by atoms with Crippen LogP contribution in [0.3, 0.4) is 0 Å². The van der Waals surface area contributed by atoms with Crippen molar-refractivity contribution in [1.29, 1.82) is 0 Å². The molecule has 0 aromatic heterocycles. The quantitative estimate of drug-likeness (QED) is 0.878. The van der Waals surface area contributed by atoms with E-state index in [4.69, 9.17) is 0 Å². The minimum Gasteiger partial charge on any atom is -0.507 e. The fourth-order valence-electron chi connectivity index (χ4n) is 1.95. The SMILES string of the molecule is CC(C)C1(O)CN(C(=O)c2ccc(Br)c(O)c2)C1. The van der Waals surface area contributed by atoms with Crippen LogP contribution >= 0.6 is 15.9 Å². The van der Waals surface area contributed by atoms with Crippen LogP contribution in [-0.4, -0.2) is 39.7 Å². The maximum Gasteiger partial charge on any atom is 0.254 e. The van der Waals surface area contributed by atoms with Crippen LogP contribution in [0, 0.1) is 5.92 Å². The average Bonchev–Trinajstić information content (AvgIpc) is 2.27. The zero-order valence-corrected chi connectivity index (χ0v) is 11.9. The van der Waals surface area contributed by atoms with Crippen molar-refractivity contribution in [2.24, 2.45) is 5.92 Å². The van der Waals surface area contributed by atoms with Crippen LogP contribution < -0.4 is 0 Å². The van der Waals surface area contributed by atoms with Gasteiger partial charge in [-0.15, -0.1) is 0 Å². The highest BCUT2D eigenvalue weighted by Gasteiger charge is 2.45. The fourth-order valence-corrected chi connectivity index (χ4v) is 2.20. The summed E-state index contributed by atoms with van der Waals surface area (Å²) in [7, 11) is 0. The molecule has 5 heteroatoms. The number of hydrogen-bond donors (Lipinski definition) is 2. The first-order valence-corrected chi connectivity index (χ1v) is 6.63. The van der Waals surface area contributed by atoms with Gasteiger partial charge in [-0.1, -0.05) is 13.8 Å². The first-order valence-electron chi connectivity index (χ1n) is 5.83. The number of rotatable bonds is 2. The van der Waals surface area contributed by atoms with Crippen molar-refractivity contribution in [2.45, 2.75) is 19.4 Å². The van der Waals surface area contributed by atoms with Crippen LogP contribution in [0.5, 0.6) is 5.75 Å². The van der Waals surface area contributed by atoms with Gasteiger partial charge in [0.1, 0.15) is 11.4 Å². The third kappa shape index (κ3) is 2.24. The first-order chi connectivity index (χ1) is 8.33. The van der Waals surface area contributed by atoms with E-state index in [1.807, 2.05) is 13.8 Å². The number of amides is 1. The Labute approximate surface area is 114 Å². The maximum atomic E-state index is 12.1. The third-order valence-electron chi connectivity index (χ3n) is 3.48. The summed E-state index contributed by atoms with van der Waals surface area (Å²) in [5, 5.41) is 19.6. The molecule has 1 aliphatic heterocycles. The van der Waals surface area contributed by atoms with E-state index < -0.39 is 5.60 Å². The van der Waals surface area contributed by atoms with Crippen LogP contribution in [-0.2, 0) is 0 Å². The minimum absolute atomic E-state index is 0.0421. The van der Waals surface area contributed by atoms with Crippen molar-refractivity contribution in [1.82, 2.24) is 4.90 Å². The number of carbonyl (C=O) groups excluding carboxylic acids is 1. The molecule has 0 bridgehead atoms. The number of hydrogen-bond acceptors (Lipinski definition) is 3. The highest BCUT2D eigenvalue weighted by molar-refractivity contribution is 9.10. The predicted octanol–water partition coefficient (Wildman–Crippen LogP) is 2.00. The Bertz CT molecular complexity index is 481. The number of phenolic OH excluding ortho intramolecular Hbond substituents is 1. The smallest absolute Gasteiger partial charge is 0.254 e. The van der Waals surface area contributed by atoms with E-state index >= 15 is 0 Å². The largest absolute Gasteiger partial charge is 0.507 e. The van der Waals surface area contributed by atoms with Crippen LogP contribution in [0.15, 0.2) is 22.7 Å². The Morgan fingerprint density at radius 1 is 1.44 bits per heavy atom. The van der Waals surface area contributed by atoms with Gasteiger partial charge in [-0.3, -0.25) is 4.79 Å². The summed E-state index contributed by atoms with van der Waals surface area (Å²) < 4.78 is 0.557. The van der Waals surface area contributed by atoms with Gasteiger partial charge in [0.2, 0.25) is 0 Å². The summed E-state index contributed by atoms with van der Waals surface area (Å²) in [5.41, 5.74) is -0.339. The third-order valence-corrected chi connectivity index (χ3v) is 4.15. The van der Waals surface area contributed by atoms with E-state index in [0.717, 1.165) is 0 Å². The molecule has 0 atom stereocenters. The van der Waals surface area contributed by atoms with Crippen LogP contribution in [0.2, 0.25) is 0 Å². The molecule has 98 valence electrons. The molecule has 18 heavy (non-hydrogen) atoms. The fraction of sp³-hybridized carbons (Fsp3) is 0.462. The number of carbonyl (C=O) groups is 1. The van der Waals surface area contributed by atoms with E-state index in [1.54, 1.807) is 17.0 Å². The lowest BCUT2D eigenvalue weighted by atomic mass is 9.82. The molecule has 1 aliphatic rings. The van der Waals surface area contributed by atoms with E-state index in [9.17, 15) is 15.0 Å². The maximum absolute atomic E-state index is 12.1. The number of likely N-dealkylation sites (tertiary alicyclic amines) is 1. The van der Waals surface area contributed by atoms with Crippen molar-refractivity contribution in [3.05, 3.63) is 28.2 Å². The van der Waals surface area contributed by atoms with E-state index in [0.29, 0.717) is 23.1 Å². The van der Waals surface area contributed by atoms with Crippen molar-refractivity contribution < 1.29 is 15.0 Å². The Balaban J connectivity index is 2.08. The zero-order valence-electron chi connectivity index (χ0n) is 10.4. The summed E-state index contributed by atoms with van der Waals surface area (Å²) >= 11 is 3.17. The van der Waals surface area contributed by atoms with Gasteiger partial charge in [-0.2, -0.15) is 0 Å². The van der Waals surface area contributed by atoms with Crippen molar-refractivity contribution in [3.63, 3.8) is 0 Å². The molecule has 1 saturated heterocycles. The number of β-amino-alcohol motifs (C(OH)–C–C–N with tert-alkyl or cyclic N) is 1. The predicted molar refractivity (Wildman–Crippen MR) is 71.5 cm³/mol. The molecule has 2 rings (SSSR count). The number of aliphatic hydroxyl groups is 1. The van der Waals surface area contributed by atoms with Gasteiger partial charge < -0.3 is 15.1 Å². The van der Waals surface area contributed by atoms with E-state index in [-0.39, 0.29) is 17.6 Å². The lowest BCUT2D eigenvalue weighted by molar-refractivity contribution is -0.110. The molecule has 1 fully saturated rings. The second-order valence-corrected chi connectivity index (χ2v) is 5.94. The molecule has 0 spiro atoms. The van der Waals surface area contributed by atoms with Gasteiger partial charge in [-0.25, -0.2) is 0 Å². The summed E-state index contributed by atoms with van der Waals surface area (Å²) in [4.78, 5) is 13.7. The van der Waals surface area contributed by atoms with Gasteiger partial charge in [0, 0.05) is 5.56 Å². The van der Waals surface area contributed by atoms with Crippen LogP contribution in [0.1, 0.15) is 24.2 Å². The van der Waals surface area contributed by atoms with Crippen molar-refractivity contribution >= 4 is 21.8 Å². The normalized spacial score (nSPS) is 17.7. The number of benzene rings is 1. The number of aromatic hydroxyl groups is 1. The van der Waals surface area contributed by atoms with Gasteiger partial charge >= 0.3 is 0 Å². The molecular weight excluding hydrogens is 298 g/mol. The number of nitrogens with zero attached hydrogens (tertiary/aromatic N) is 1. The van der Waals surface area contributed by atoms with Gasteiger partial charge in [-0.05, 0) is 40.0 Å². The number of phenols is 1. The average molecular weight is 314 g/mol. The summed E-state index contributed by atoms with van der Waals surface area (Å²) in [5.74, 6) is 0.00323. The molecule has 0 radical (unpaired) electrons. The Morgan fingerprint density at radius 3 is 2.56 bits per heavy atom. The van der Waals surface area contributed by atoms with Gasteiger partial charge in [0.05, 0.1) is 17.6 Å². The molecule has 0 saturated carbocycles. The highest BCUT2D eigenvalue weighted by atomic mass is 79.9. The molecule has 1 heterocycles. The van der Waals surface area contributed by atoms with E-state index in [2.05, 4.69) is 15.9 Å². The topological polar surface area (TPSA) is 60.8 Å². The molecule has 2 N–H and O–H groups in total. The van der Waals surface area contributed by atoms with Crippen molar-refractivity contribution in [2.75, 3.05) is 13.1 Å². The Kier molecular flexibility index (Phi) is 3.38. The number of halogens is 1. The Morgan fingerprint density at radius 2 is 2.06 bits per heavy atom. The molecule has 0 unspecified atom stereocenters. The lowest BCUT2D eigenvalue weighted by Crippen LogP contribution is -2.65. The summed E-state index contributed by atoms with van der Waals surface area (Å²) in [6.45, 7) is 4.57. The molecule has 1 aromatic rings. The second-order valence-electron chi connectivity index (χ2n) is 5.09. The zero-order chi connectivity index (χ0) is 13.5. The lowest BCUT2D eigenvalue weighted by Gasteiger charge is -2.49. The highest BCUT2D eigenvalue weighted by Crippen LogP contribution is 2.31. The van der Waals surface area contributed by atoms with E-state index in [1.165, 1.54) is 6.07 Å². The van der Waals surface area contributed by atoms with Crippen LogP contribution in [0.4, 0.5) is 0 Å². The standard InChI is InChI=1S/C13H16BrNO3/c1-8(2)13(18)6-15(7-13)12(17)9-3-4-10(14)11(16)5-9/h3-5,8,16,18H,6-7H2,1-2H3. The minimum atomic E-state index is -0.771. The molecule has 4 nitrogen and oxygen atoms in total. The summed E-state index contributed by atoms with van der Waals surface area (Å²) in [6.07, 6.45) is 0. The first kappa shape index (κ1) is 13.4. The molecule has 1 amide bonds. The molecular formula is C13H16BrNO3. The van der Waals surface area contributed by atoms with Crippen LogP contribution in [0.25, 0.3) is 0 Å². The monoisotopic (exact) mass is 313 g/mol. The second kappa shape index (κ2) is 4.55. The molecule has 0 aliphatic carbocycles. The Hall–Kier alpha value is -1.07. The molecule has 1 aromatic carbocycles. The van der Waals surface area contributed by atoms with Gasteiger partial charge in [0.25, 0.3) is 5.91 Å².